The van der Waals surface area contributed by atoms with E-state index in [2.05, 4.69) is 67.4 Å². The summed E-state index contributed by atoms with van der Waals surface area (Å²) in [4.78, 5) is 19.8. The first kappa shape index (κ1) is 31.5. The molecule has 1 aromatic heterocycles. The molecule has 2 aliphatic rings. The summed E-state index contributed by atoms with van der Waals surface area (Å²) in [7, 11) is 1.44. The average Bonchev–Trinajstić information content (AvgIpc) is 3.52. The molecule has 0 atom stereocenters. The Bertz CT molecular complexity index is 1630. The number of methoxy groups -OCH3 is 1. The molecule has 46 heavy (non-hydrogen) atoms. The van der Waals surface area contributed by atoms with Gasteiger partial charge in [0.2, 0.25) is 11.8 Å². The van der Waals surface area contributed by atoms with E-state index in [1.807, 2.05) is 54.6 Å². The summed E-state index contributed by atoms with van der Waals surface area (Å²) >= 11 is 0. The Morgan fingerprint density at radius 1 is 0.848 bits per heavy atom. The van der Waals surface area contributed by atoms with Crippen LogP contribution in [0.2, 0.25) is 0 Å². The predicted octanol–water partition coefficient (Wildman–Crippen LogP) is 8.35. The van der Waals surface area contributed by atoms with E-state index in [0.717, 1.165) is 60.9 Å². The molecule has 1 aliphatic carbocycles. The van der Waals surface area contributed by atoms with Gasteiger partial charge in [0, 0.05) is 35.4 Å². The molecule has 2 heterocycles. The van der Waals surface area contributed by atoms with Gasteiger partial charge < -0.3 is 24.4 Å². The van der Waals surface area contributed by atoms with E-state index in [4.69, 9.17) is 19.2 Å². The maximum Gasteiger partial charge on any atom is 0.407 e. The zero-order valence-corrected chi connectivity index (χ0v) is 27.4. The number of hydrogen-bond acceptors (Lipinski definition) is 6. The van der Waals surface area contributed by atoms with Crippen molar-refractivity contribution in [2.45, 2.75) is 77.7 Å². The molecule has 240 valence electrons. The minimum absolute atomic E-state index is 0.0810. The second kappa shape index (κ2) is 13.5. The van der Waals surface area contributed by atoms with Crippen LogP contribution in [0.15, 0.2) is 91.0 Å². The summed E-state index contributed by atoms with van der Waals surface area (Å²) < 4.78 is 17.5. The van der Waals surface area contributed by atoms with E-state index < -0.39 is 0 Å². The molecular weight excluding hydrogens is 574 g/mol. The van der Waals surface area contributed by atoms with Crippen molar-refractivity contribution in [2.24, 2.45) is 5.41 Å². The summed E-state index contributed by atoms with van der Waals surface area (Å²) in [5.74, 6) is 1.11. The van der Waals surface area contributed by atoms with Crippen molar-refractivity contribution in [1.82, 2.24) is 10.3 Å². The van der Waals surface area contributed by atoms with Crippen LogP contribution in [0.3, 0.4) is 0 Å². The molecular formula is C39H45N3O4. The number of anilines is 1. The van der Waals surface area contributed by atoms with Crippen LogP contribution in [0.25, 0.3) is 11.1 Å². The molecule has 0 saturated heterocycles. The molecule has 0 radical (unpaired) electrons. The van der Waals surface area contributed by atoms with Gasteiger partial charge in [-0.05, 0) is 71.9 Å². The molecule has 0 spiro atoms. The van der Waals surface area contributed by atoms with Gasteiger partial charge in [-0.3, -0.25) is 0 Å². The number of benzene rings is 3. The van der Waals surface area contributed by atoms with E-state index in [0.29, 0.717) is 31.0 Å². The van der Waals surface area contributed by atoms with Gasteiger partial charge in [0.1, 0.15) is 13.2 Å². The molecule has 0 bridgehead atoms. The summed E-state index contributed by atoms with van der Waals surface area (Å²) in [6, 6.07) is 31.3. The molecule has 7 nitrogen and oxygen atoms in total. The van der Waals surface area contributed by atoms with Crippen molar-refractivity contribution in [2.75, 3.05) is 18.6 Å². The van der Waals surface area contributed by atoms with Crippen molar-refractivity contribution in [1.29, 1.82) is 0 Å². The monoisotopic (exact) mass is 619 g/mol. The molecule has 3 aromatic carbocycles. The van der Waals surface area contributed by atoms with E-state index in [1.165, 1.54) is 18.4 Å². The summed E-state index contributed by atoms with van der Waals surface area (Å²) in [5, 5.41) is 3.22. The number of amides is 1. The van der Waals surface area contributed by atoms with Crippen molar-refractivity contribution in [3.05, 3.63) is 108 Å². The van der Waals surface area contributed by atoms with E-state index in [9.17, 15) is 4.79 Å². The molecule has 0 unspecified atom stereocenters. The van der Waals surface area contributed by atoms with Crippen LogP contribution in [0.1, 0.15) is 63.1 Å². The lowest BCUT2D eigenvalue weighted by Crippen LogP contribution is -2.60. The minimum atomic E-state index is -0.347. The second-order valence-electron chi connectivity index (χ2n) is 13.5. The number of hydrogen-bond donors (Lipinski definition) is 1. The van der Waals surface area contributed by atoms with Crippen molar-refractivity contribution in [3.63, 3.8) is 0 Å². The Morgan fingerprint density at radius 3 is 2.13 bits per heavy atom. The normalized spacial score (nSPS) is 19.3. The molecule has 6 rings (SSSR count). The largest absolute Gasteiger partial charge is 0.473 e. The quantitative estimate of drug-likeness (QED) is 0.203. The third-order valence-electron chi connectivity index (χ3n) is 9.85. The van der Waals surface area contributed by atoms with Gasteiger partial charge in [0.25, 0.3) is 0 Å². The summed E-state index contributed by atoms with van der Waals surface area (Å²) in [5.41, 5.74) is 6.53. The topological polar surface area (TPSA) is 72.9 Å². The number of aromatic nitrogens is 1. The average molecular weight is 620 g/mol. The Morgan fingerprint density at radius 2 is 1.50 bits per heavy atom. The lowest BCUT2D eigenvalue weighted by atomic mass is 9.64. The fourth-order valence-corrected chi connectivity index (χ4v) is 7.08. The highest BCUT2D eigenvalue weighted by Gasteiger charge is 2.47. The Balaban J connectivity index is 1.25. The number of carbonyl (C=O) groups excluding carboxylic acids is 1. The summed E-state index contributed by atoms with van der Waals surface area (Å²) in [6.07, 6.45) is 4.44. The highest BCUT2D eigenvalue weighted by atomic mass is 16.5. The molecule has 4 aromatic rings. The highest BCUT2D eigenvalue weighted by Crippen LogP contribution is 2.46. The smallest absolute Gasteiger partial charge is 0.407 e. The van der Waals surface area contributed by atoms with Crippen LogP contribution in [-0.2, 0) is 24.4 Å². The van der Waals surface area contributed by atoms with Gasteiger partial charge in [-0.1, -0.05) is 93.6 Å². The number of nitrogens with one attached hydrogen (secondary N) is 1. The van der Waals surface area contributed by atoms with Gasteiger partial charge in [-0.25, -0.2) is 4.79 Å². The fourth-order valence-electron chi connectivity index (χ4n) is 7.08. The number of pyridine rings is 1. The van der Waals surface area contributed by atoms with Crippen LogP contribution >= 0.6 is 0 Å². The van der Waals surface area contributed by atoms with Gasteiger partial charge in [0.05, 0.1) is 7.11 Å². The van der Waals surface area contributed by atoms with E-state index in [1.54, 1.807) is 0 Å². The molecule has 1 N–H and O–H groups in total. The Hall–Kier alpha value is -4.52. The lowest BCUT2D eigenvalue weighted by Gasteiger charge is -2.50. The highest BCUT2D eigenvalue weighted by molar-refractivity contribution is 5.79. The van der Waals surface area contributed by atoms with Gasteiger partial charge in [0.15, 0.2) is 0 Å². The van der Waals surface area contributed by atoms with E-state index >= 15 is 0 Å². The summed E-state index contributed by atoms with van der Waals surface area (Å²) in [6.45, 7) is 8.46. The molecule has 1 fully saturated rings. The number of alkyl carbamates (subject to hydrolysis) is 1. The van der Waals surface area contributed by atoms with Crippen molar-refractivity contribution >= 4 is 11.8 Å². The van der Waals surface area contributed by atoms with Crippen LogP contribution < -0.4 is 19.7 Å². The van der Waals surface area contributed by atoms with Crippen molar-refractivity contribution in [3.8, 4) is 22.9 Å². The molecule has 7 heteroatoms. The van der Waals surface area contributed by atoms with Gasteiger partial charge in [-0.2, -0.15) is 4.98 Å². The molecule has 1 saturated carbocycles. The first-order valence-electron chi connectivity index (χ1n) is 16.4. The number of nitrogens with zero attached hydrogens (tertiary/aromatic N) is 2. The van der Waals surface area contributed by atoms with Crippen LogP contribution in [-0.4, -0.2) is 36.3 Å². The van der Waals surface area contributed by atoms with Crippen molar-refractivity contribution < 1.29 is 19.0 Å². The van der Waals surface area contributed by atoms with Crippen LogP contribution in [0.4, 0.5) is 10.5 Å². The predicted molar refractivity (Wildman–Crippen MR) is 182 cm³/mol. The number of fused-ring (bicyclic) bond motifs is 1. The SMILES string of the molecule is COC(=O)NC1(C(C)(C)C)CCC(N2CCc3c(-c4ccc(OCc5ccccc5)nc4OCc4ccccc4)cccc32)CC1. The molecule has 1 amide bonds. The standard InChI is InChI=1S/C39H45N3O4/c1-38(2,3)39(41-37(43)44-4)23-20-30(21-24-39)42-25-22-32-31(16-11-17-34(32)42)33-18-19-35(45-26-28-12-7-5-8-13-28)40-36(33)46-27-29-14-9-6-10-15-29/h5-19,30H,20-27H2,1-4H3,(H,41,43). The third kappa shape index (κ3) is 6.69. The van der Waals surface area contributed by atoms with Crippen LogP contribution in [0, 0.1) is 5.41 Å². The minimum Gasteiger partial charge on any atom is -0.473 e. The first-order chi connectivity index (χ1) is 22.3. The van der Waals surface area contributed by atoms with Gasteiger partial charge >= 0.3 is 6.09 Å². The number of rotatable bonds is 9. The van der Waals surface area contributed by atoms with Gasteiger partial charge in [-0.15, -0.1) is 0 Å². The number of ether oxygens (including phenoxy) is 3. The van der Waals surface area contributed by atoms with Crippen LogP contribution in [0.5, 0.6) is 11.8 Å². The molecule has 1 aliphatic heterocycles. The maximum absolute atomic E-state index is 12.3. The number of carbonyl (C=O) groups is 1. The zero-order valence-electron chi connectivity index (χ0n) is 27.4. The Kier molecular flexibility index (Phi) is 9.20. The van der Waals surface area contributed by atoms with E-state index in [-0.39, 0.29) is 17.0 Å². The fraction of sp³-hybridized carbons (Fsp3) is 0.385. The second-order valence-corrected chi connectivity index (χ2v) is 13.5. The lowest BCUT2D eigenvalue weighted by molar-refractivity contribution is 0.0719. The zero-order chi connectivity index (χ0) is 32.1. The first-order valence-corrected chi connectivity index (χ1v) is 16.4. The third-order valence-corrected chi connectivity index (χ3v) is 9.85. The maximum atomic E-state index is 12.3. The Labute approximate surface area is 272 Å².